The van der Waals surface area contributed by atoms with Crippen LogP contribution in [0.4, 0.5) is 0 Å². The fourth-order valence-electron chi connectivity index (χ4n) is 3.85. The van der Waals surface area contributed by atoms with E-state index in [1.54, 1.807) is 19.2 Å². The summed E-state index contributed by atoms with van der Waals surface area (Å²) in [6.07, 6.45) is 1.99. The number of fused-ring (bicyclic) bond motifs is 1. The van der Waals surface area contributed by atoms with E-state index in [9.17, 15) is 4.79 Å². The molecule has 0 saturated carbocycles. The molecule has 0 spiro atoms. The number of carbonyl (C=O) groups is 1. The molecule has 5 heteroatoms. The number of hydrogen-bond donors (Lipinski definition) is 1. The van der Waals surface area contributed by atoms with E-state index in [4.69, 9.17) is 9.72 Å². The van der Waals surface area contributed by atoms with Gasteiger partial charge in [-0.15, -0.1) is 0 Å². The number of carbonyl (C=O) groups excluding carboxylic acids is 1. The molecule has 1 aromatic heterocycles. The zero-order chi connectivity index (χ0) is 21.6. The van der Waals surface area contributed by atoms with Gasteiger partial charge in [-0.25, -0.2) is 4.98 Å². The molecule has 0 fully saturated rings. The summed E-state index contributed by atoms with van der Waals surface area (Å²) < 4.78 is 7.47. The number of ether oxygens (including phenoxy) is 1. The highest BCUT2D eigenvalue weighted by atomic mass is 16.5. The molecule has 0 aliphatic carbocycles. The van der Waals surface area contributed by atoms with Crippen LogP contribution in [0.3, 0.4) is 0 Å². The van der Waals surface area contributed by atoms with Crippen molar-refractivity contribution in [3.05, 3.63) is 95.8 Å². The van der Waals surface area contributed by atoms with Gasteiger partial charge >= 0.3 is 0 Å². The van der Waals surface area contributed by atoms with E-state index in [-0.39, 0.29) is 11.9 Å². The maximum Gasteiger partial charge on any atom is 0.251 e. The first-order valence-electron chi connectivity index (χ1n) is 10.6. The number of imidazole rings is 1. The molecule has 1 unspecified atom stereocenters. The van der Waals surface area contributed by atoms with Crippen LogP contribution in [0.1, 0.15) is 41.1 Å². The molecule has 5 nitrogen and oxygen atoms in total. The Labute approximate surface area is 182 Å². The third-order valence-electron chi connectivity index (χ3n) is 5.44. The third-order valence-corrected chi connectivity index (χ3v) is 5.44. The van der Waals surface area contributed by atoms with Gasteiger partial charge in [-0.3, -0.25) is 4.79 Å². The Balaban J connectivity index is 1.54. The van der Waals surface area contributed by atoms with Gasteiger partial charge in [0, 0.05) is 12.1 Å². The lowest BCUT2D eigenvalue weighted by Crippen LogP contribution is -2.28. The van der Waals surface area contributed by atoms with E-state index >= 15 is 0 Å². The molecule has 1 atom stereocenters. The van der Waals surface area contributed by atoms with Gasteiger partial charge in [-0.1, -0.05) is 48.5 Å². The van der Waals surface area contributed by atoms with Gasteiger partial charge in [0.15, 0.2) is 0 Å². The summed E-state index contributed by atoms with van der Waals surface area (Å²) in [4.78, 5) is 17.7. The van der Waals surface area contributed by atoms with Crippen molar-refractivity contribution in [1.82, 2.24) is 14.9 Å². The summed E-state index contributed by atoms with van der Waals surface area (Å²) >= 11 is 0. The van der Waals surface area contributed by atoms with Crippen LogP contribution in [0.15, 0.2) is 78.9 Å². The first-order valence-corrected chi connectivity index (χ1v) is 10.6. The first kappa shape index (κ1) is 20.7. The summed E-state index contributed by atoms with van der Waals surface area (Å²) in [5, 5.41) is 3.10. The molecular weight excluding hydrogens is 386 g/mol. The fraction of sp³-hybridized carbons (Fsp3) is 0.231. The van der Waals surface area contributed by atoms with Crippen LogP contribution < -0.4 is 10.1 Å². The lowest BCUT2D eigenvalue weighted by atomic mass is 10.1. The van der Waals surface area contributed by atoms with Crippen molar-refractivity contribution in [2.75, 3.05) is 7.11 Å². The predicted molar refractivity (Wildman–Crippen MR) is 123 cm³/mol. The number of benzene rings is 3. The molecule has 0 aliphatic rings. The first-order chi connectivity index (χ1) is 15.2. The Hall–Kier alpha value is -3.60. The Kier molecular flexibility index (Phi) is 6.32. The SMILES string of the molecule is COc1cccc(C(=O)NC(C)c2nc3ccccc3n2CCCc2ccccc2)c1. The zero-order valence-electron chi connectivity index (χ0n) is 17.9. The van der Waals surface area contributed by atoms with Crippen LogP contribution in [0.25, 0.3) is 11.0 Å². The van der Waals surface area contributed by atoms with E-state index in [1.807, 2.05) is 43.3 Å². The summed E-state index contributed by atoms with van der Waals surface area (Å²) in [5.41, 5.74) is 3.93. The molecule has 0 bridgehead atoms. The van der Waals surface area contributed by atoms with Crippen LogP contribution in [0.2, 0.25) is 0 Å². The average Bonchev–Trinajstić information content (AvgIpc) is 3.18. The van der Waals surface area contributed by atoms with Crippen molar-refractivity contribution in [3.63, 3.8) is 0 Å². The van der Waals surface area contributed by atoms with E-state index < -0.39 is 0 Å². The van der Waals surface area contributed by atoms with Gasteiger partial charge in [0.05, 0.1) is 24.2 Å². The second-order valence-corrected chi connectivity index (χ2v) is 7.63. The molecule has 4 rings (SSSR count). The summed E-state index contributed by atoms with van der Waals surface area (Å²) in [7, 11) is 1.59. The van der Waals surface area contributed by atoms with Crippen LogP contribution >= 0.6 is 0 Å². The van der Waals surface area contributed by atoms with Gasteiger partial charge in [-0.05, 0) is 55.7 Å². The Morgan fingerprint density at radius 2 is 1.81 bits per heavy atom. The van der Waals surface area contributed by atoms with Crippen molar-refractivity contribution in [2.45, 2.75) is 32.4 Å². The van der Waals surface area contributed by atoms with Gasteiger partial charge in [-0.2, -0.15) is 0 Å². The van der Waals surface area contributed by atoms with E-state index in [1.165, 1.54) is 5.56 Å². The number of aryl methyl sites for hydroxylation is 2. The highest BCUT2D eigenvalue weighted by molar-refractivity contribution is 5.94. The molecule has 3 aromatic carbocycles. The highest BCUT2D eigenvalue weighted by Crippen LogP contribution is 2.22. The molecule has 4 aromatic rings. The van der Waals surface area contributed by atoms with Crippen LogP contribution in [0.5, 0.6) is 5.75 Å². The van der Waals surface area contributed by atoms with Gasteiger partial charge in [0.2, 0.25) is 0 Å². The molecule has 0 saturated heterocycles. The van der Waals surface area contributed by atoms with E-state index in [0.29, 0.717) is 11.3 Å². The normalized spacial score (nSPS) is 11.9. The van der Waals surface area contributed by atoms with Crippen LogP contribution in [-0.2, 0) is 13.0 Å². The Bertz CT molecular complexity index is 1170. The summed E-state index contributed by atoms with van der Waals surface area (Å²) in [6, 6.07) is 25.6. The second-order valence-electron chi connectivity index (χ2n) is 7.63. The second kappa shape index (κ2) is 9.47. The maximum atomic E-state index is 12.8. The standard InChI is InChI=1S/C26H27N3O2/c1-19(27-26(30)21-13-8-14-22(18-21)31-2)25-28-23-15-6-7-16-24(23)29(25)17-9-12-20-10-4-3-5-11-20/h3-8,10-11,13-16,18-19H,9,12,17H2,1-2H3,(H,27,30). The van der Waals surface area contributed by atoms with Crippen molar-refractivity contribution in [1.29, 1.82) is 0 Å². The molecule has 1 amide bonds. The number of nitrogens with zero attached hydrogens (tertiary/aromatic N) is 2. The van der Waals surface area contributed by atoms with Gasteiger partial charge in [0.1, 0.15) is 11.6 Å². The monoisotopic (exact) mass is 413 g/mol. The Morgan fingerprint density at radius 1 is 1.03 bits per heavy atom. The maximum absolute atomic E-state index is 12.8. The Morgan fingerprint density at radius 3 is 2.61 bits per heavy atom. The molecule has 158 valence electrons. The van der Waals surface area contributed by atoms with Gasteiger partial charge < -0.3 is 14.6 Å². The third kappa shape index (κ3) is 4.77. The molecule has 31 heavy (non-hydrogen) atoms. The number of nitrogens with one attached hydrogen (secondary N) is 1. The molecule has 0 radical (unpaired) electrons. The molecule has 1 N–H and O–H groups in total. The minimum Gasteiger partial charge on any atom is -0.497 e. The number of hydrogen-bond acceptors (Lipinski definition) is 3. The zero-order valence-corrected chi connectivity index (χ0v) is 17.9. The summed E-state index contributed by atoms with van der Waals surface area (Å²) in [5.74, 6) is 1.38. The topological polar surface area (TPSA) is 56.1 Å². The predicted octanol–water partition coefficient (Wildman–Crippen LogP) is 5.17. The van der Waals surface area contributed by atoms with Crippen molar-refractivity contribution < 1.29 is 9.53 Å². The highest BCUT2D eigenvalue weighted by Gasteiger charge is 2.19. The molecular formula is C26H27N3O2. The quantitative estimate of drug-likeness (QED) is 0.434. The number of amides is 1. The number of para-hydroxylation sites is 2. The smallest absolute Gasteiger partial charge is 0.251 e. The lowest BCUT2D eigenvalue weighted by molar-refractivity contribution is 0.0937. The van der Waals surface area contributed by atoms with Crippen molar-refractivity contribution in [3.8, 4) is 5.75 Å². The van der Waals surface area contributed by atoms with Gasteiger partial charge in [0.25, 0.3) is 5.91 Å². The van der Waals surface area contributed by atoms with Crippen molar-refractivity contribution >= 4 is 16.9 Å². The number of rotatable bonds is 8. The van der Waals surface area contributed by atoms with E-state index in [0.717, 1.165) is 36.2 Å². The van der Waals surface area contributed by atoms with Crippen molar-refractivity contribution in [2.24, 2.45) is 0 Å². The molecule has 0 aliphatic heterocycles. The number of methoxy groups -OCH3 is 1. The summed E-state index contributed by atoms with van der Waals surface area (Å²) in [6.45, 7) is 2.82. The van der Waals surface area contributed by atoms with Crippen LogP contribution in [-0.4, -0.2) is 22.6 Å². The molecule has 1 heterocycles. The average molecular weight is 414 g/mol. The minimum atomic E-state index is -0.233. The minimum absolute atomic E-state index is 0.144. The van der Waals surface area contributed by atoms with E-state index in [2.05, 4.69) is 40.2 Å². The fourth-order valence-corrected chi connectivity index (χ4v) is 3.85. The largest absolute Gasteiger partial charge is 0.497 e. The van der Waals surface area contributed by atoms with Crippen LogP contribution in [0, 0.1) is 0 Å². The lowest BCUT2D eigenvalue weighted by Gasteiger charge is -2.17. The number of aromatic nitrogens is 2.